The third kappa shape index (κ3) is 3.73. The van der Waals surface area contributed by atoms with Gasteiger partial charge >= 0.3 is 0 Å². The number of carbonyl (C=O) groups excluding carboxylic acids is 1. The van der Waals surface area contributed by atoms with E-state index in [1.54, 1.807) is 24.9 Å². The summed E-state index contributed by atoms with van der Waals surface area (Å²) < 4.78 is 1.96. The molecule has 1 aliphatic heterocycles. The third-order valence-electron chi connectivity index (χ3n) is 4.87. The second kappa shape index (κ2) is 7.67. The molecular formula is C20H22N6O. The van der Waals surface area contributed by atoms with Gasteiger partial charge in [0.05, 0.1) is 17.7 Å². The van der Waals surface area contributed by atoms with E-state index in [0.717, 1.165) is 35.5 Å². The Bertz CT molecular complexity index is 909. The normalized spacial score (nSPS) is 16.7. The minimum Gasteiger partial charge on any atom is -0.350 e. The quantitative estimate of drug-likeness (QED) is 0.747. The molecule has 0 aromatic carbocycles. The molecule has 1 N–H and O–H groups in total. The predicted octanol–water partition coefficient (Wildman–Crippen LogP) is 1.63. The lowest BCUT2D eigenvalue weighted by Gasteiger charge is -2.35. The van der Waals surface area contributed by atoms with Gasteiger partial charge in [0.1, 0.15) is 6.04 Å². The van der Waals surface area contributed by atoms with Crippen LogP contribution in [0.25, 0.3) is 0 Å². The van der Waals surface area contributed by atoms with Crippen LogP contribution in [0.5, 0.6) is 0 Å². The van der Waals surface area contributed by atoms with Crippen LogP contribution in [0.15, 0.2) is 55.4 Å². The van der Waals surface area contributed by atoms with Crippen molar-refractivity contribution in [1.82, 2.24) is 29.7 Å². The highest BCUT2D eigenvalue weighted by Crippen LogP contribution is 2.30. The Hall–Kier alpha value is -3.06. The van der Waals surface area contributed by atoms with Crippen molar-refractivity contribution < 1.29 is 4.79 Å². The molecule has 7 heteroatoms. The zero-order chi connectivity index (χ0) is 18.6. The van der Waals surface area contributed by atoms with E-state index in [2.05, 4.69) is 25.2 Å². The summed E-state index contributed by atoms with van der Waals surface area (Å²) in [5.74, 6) is -0.0210. The van der Waals surface area contributed by atoms with Gasteiger partial charge in [-0.3, -0.25) is 19.7 Å². The van der Waals surface area contributed by atoms with Crippen LogP contribution < -0.4 is 5.32 Å². The van der Waals surface area contributed by atoms with Crippen LogP contribution >= 0.6 is 0 Å². The Balaban J connectivity index is 1.57. The zero-order valence-corrected chi connectivity index (χ0v) is 15.2. The smallest absolute Gasteiger partial charge is 0.243 e. The number of hydrogen-bond donors (Lipinski definition) is 1. The summed E-state index contributed by atoms with van der Waals surface area (Å²) in [5, 5.41) is 3.07. The molecule has 0 aliphatic carbocycles. The van der Waals surface area contributed by atoms with Crippen LogP contribution in [-0.4, -0.2) is 36.9 Å². The molecule has 138 valence electrons. The number of fused-ring (bicyclic) bond motifs is 1. The number of rotatable bonds is 5. The van der Waals surface area contributed by atoms with Crippen molar-refractivity contribution in [3.63, 3.8) is 0 Å². The van der Waals surface area contributed by atoms with Crippen molar-refractivity contribution >= 4 is 5.91 Å². The van der Waals surface area contributed by atoms with Gasteiger partial charge in [-0.1, -0.05) is 12.1 Å². The van der Waals surface area contributed by atoms with E-state index in [1.165, 1.54) is 0 Å². The molecule has 1 amide bonds. The minimum absolute atomic E-state index is 0.0210. The Morgan fingerprint density at radius 2 is 1.93 bits per heavy atom. The lowest BCUT2D eigenvalue weighted by Crippen LogP contribution is -2.44. The maximum Gasteiger partial charge on any atom is 0.243 e. The maximum atomic E-state index is 13.2. The van der Waals surface area contributed by atoms with Gasteiger partial charge in [-0.15, -0.1) is 0 Å². The van der Waals surface area contributed by atoms with Crippen molar-refractivity contribution in [2.24, 2.45) is 7.05 Å². The summed E-state index contributed by atoms with van der Waals surface area (Å²) in [6.45, 7) is 1.91. The van der Waals surface area contributed by atoms with Crippen molar-refractivity contribution in [3.05, 3.63) is 77.9 Å². The van der Waals surface area contributed by atoms with Gasteiger partial charge in [-0.05, 0) is 23.3 Å². The van der Waals surface area contributed by atoms with Crippen molar-refractivity contribution in [1.29, 1.82) is 0 Å². The summed E-state index contributed by atoms with van der Waals surface area (Å²) in [7, 11) is 1.95. The fraction of sp³-hybridized carbons (Fsp3) is 0.300. The average Bonchev–Trinajstić information content (AvgIpc) is 3.09. The highest BCUT2D eigenvalue weighted by atomic mass is 16.2. The number of pyridine rings is 2. The van der Waals surface area contributed by atoms with Crippen LogP contribution in [0.4, 0.5) is 0 Å². The van der Waals surface area contributed by atoms with Crippen molar-refractivity contribution in [2.75, 3.05) is 6.54 Å². The van der Waals surface area contributed by atoms with Crippen molar-refractivity contribution in [2.45, 2.75) is 25.6 Å². The molecule has 1 atom stereocenters. The molecule has 1 unspecified atom stereocenters. The van der Waals surface area contributed by atoms with Crippen molar-refractivity contribution in [3.8, 4) is 0 Å². The number of nitrogens with zero attached hydrogens (tertiary/aromatic N) is 5. The maximum absolute atomic E-state index is 13.2. The zero-order valence-electron chi connectivity index (χ0n) is 15.2. The summed E-state index contributed by atoms with van der Waals surface area (Å²) >= 11 is 0. The summed E-state index contributed by atoms with van der Waals surface area (Å²) in [6, 6.07) is 7.41. The number of nitrogens with one attached hydrogen (secondary N) is 1. The first-order valence-electron chi connectivity index (χ1n) is 9.02. The second-order valence-electron chi connectivity index (χ2n) is 6.75. The van der Waals surface area contributed by atoms with Crippen LogP contribution in [0.3, 0.4) is 0 Å². The van der Waals surface area contributed by atoms with E-state index in [4.69, 9.17) is 0 Å². The summed E-state index contributed by atoms with van der Waals surface area (Å²) in [5.41, 5.74) is 4.04. The fourth-order valence-electron chi connectivity index (χ4n) is 3.56. The van der Waals surface area contributed by atoms with Crippen LogP contribution in [-0.2, 0) is 31.4 Å². The van der Waals surface area contributed by atoms with Crippen LogP contribution in [0, 0.1) is 0 Å². The lowest BCUT2D eigenvalue weighted by atomic mass is 10.0. The largest absolute Gasteiger partial charge is 0.350 e. The van der Waals surface area contributed by atoms with E-state index in [9.17, 15) is 4.79 Å². The molecule has 3 aromatic heterocycles. The Morgan fingerprint density at radius 1 is 1.19 bits per heavy atom. The van der Waals surface area contributed by atoms with Gasteiger partial charge in [0, 0.05) is 57.9 Å². The van der Waals surface area contributed by atoms with E-state index in [0.29, 0.717) is 13.1 Å². The molecule has 0 saturated carbocycles. The molecule has 1 aliphatic rings. The number of amides is 1. The molecule has 0 saturated heterocycles. The minimum atomic E-state index is -0.377. The van der Waals surface area contributed by atoms with E-state index in [1.807, 2.05) is 42.1 Å². The molecule has 0 radical (unpaired) electrons. The first-order valence-corrected chi connectivity index (χ1v) is 9.02. The van der Waals surface area contributed by atoms with Gasteiger partial charge in [-0.2, -0.15) is 0 Å². The average molecular weight is 362 g/mol. The van der Waals surface area contributed by atoms with E-state index < -0.39 is 0 Å². The lowest BCUT2D eigenvalue weighted by molar-refractivity contribution is -0.127. The molecule has 27 heavy (non-hydrogen) atoms. The topological polar surface area (TPSA) is 75.9 Å². The summed E-state index contributed by atoms with van der Waals surface area (Å²) in [4.78, 5) is 28.1. The first-order chi connectivity index (χ1) is 13.2. The fourth-order valence-corrected chi connectivity index (χ4v) is 3.56. The van der Waals surface area contributed by atoms with E-state index in [-0.39, 0.29) is 11.9 Å². The molecule has 7 nitrogen and oxygen atoms in total. The number of aromatic nitrogens is 4. The molecule has 3 aromatic rings. The van der Waals surface area contributed by atoms with Gasteiger partial charge in [0.2, 0.25) is 5.91 Å². The van der Waals surface area contributed by atoms with Crippen LogP contribution in [0.2, 0.25) is 0 Å². The highest BCUT2D eigenvalue weighted by Gasteiger charge is 2.35. The number of aryl methyl sites for hydroxylation is 1. The van der Waals surface area contributed by atoms with E-state index >= 15 is 0 Å². The highest BCUT2D eigenvalue weighted by molar-refractivity contribution is 5.83. The molecular weight excluding hydrogens is 340 g/mol. The standard InChI is InChI=1S/C20H22N6O/c1-25-14-24-17-6-9-26(13-16-5-3-8-22-11-16)19(18(17)25)20(27)23-12-15-4-2-7-21-10-15/h2-5,7-8,10-11,14,19H,6,9,12-13H2,1H3,(H,23,27). The molecule has 4 heterocycles. The number of imidazole rings is 1. The Labute approximate surface area is 158 Å². The second-order valence-corrected chi connectivity index (χ2v) is 6.75. The first kappa shape index (κ1) is 17.4. The summed E-state index contributed by atoms with van der Waals surface area (Å²) in [6.07, 6.45) is 9.73. The van der Waals surface area contributed by atoms with Gasteiger partial charge < -0.3 is 9.88 Å². The predicted molar refractivity (Wildman–Crippen MR) is 100 cm³/mol. The monoisotopic (exact) mass is 362 g/mol. The SMILES string of the molecule is Cn1cnc2c1C(C(=O)NCc1cccnc1)N(Cc1cccnc1)CC2. The van der Waals surface area contributed by atoms with Gasteiger partial charge in [0.25, 0.3) is 0 Å². The number of hydrogen-bond acceptors (Lipinski definition) is 5. The molecule has 4 rings (SSSR count). The molecule has 0 fully saturated rings. The number of carbonyl (C=O) groups is 1. The molecule has 0 bridgehead atoms. The van der Waals surface area contributed by atoms with Gasteiger partial charge in [0.15, 0.2) is 0 Å². The Kier molecular flexibility index (Phi) is 4.93. The third-order valence-corrected chi connectivity index (χ3v) is 4.87. The van der Waals surface area contributed by atoms with Crippen LogP contribution in [0.1, 0.15) is 28.6 Å². The molecule has 0 spiro atoms. The Morgan fingerprint density at radius 3 is 2.63 bits per heavy atom. The van der Waals surface area contributed by atoms with Gasteiger partial charge in [-0.25, -0.2) is 4.98 Å².